The van der Waals surface area contributed by atoms with Crippen LogP contribution in [-0.4, -0.2) is 64.4 Å². The molecule has 16 bridgehead atoms. The molecule has 121 heavy (non-hydrogen) atoms. The number of halogens is 10. The minimum Gasteiger partial charge on any atom is -0.461 e. The van der Waals surface area contributed by atoms with Crippen molar-refractivity contribution in [3.8, 4) is 101 Å². The third kappa shape index (κ3) is 14.3. The number of nitrogens with zero attached hydrogens (tertiary/aromatic N) is 4. The zero-order valence-electron chi connectivity index (χ0n) is 66.3. The normalized spacial score (nSPS) is 12.2. The first-order valence-electron chi connectivity index (χ1n) is 39.1. The van der Waals surface area contributed by atoms with Gasteiger partial charge in [-0.2, -0.15) is 11.8 Å². The summed E-state index contributed by atoms with van der Waals surface area (Å²) in [6.07, 6.45) is 14.0. The number of carbonyl (C=O) groups is 1. The molecule has 0 amide bonds. The van der Waals surface area contributed by atoms with E-state index < -0.39 is 75.0 Å². The van der Waals surface area contributed by atoms with Crippen LogP contribution in [0.3, 0.4) is 0 Å². The number of nitrogens with one attached hydrogen (secondary N) is 4. The second-order valence-corrected chi connectivity index (χ2v) is 31.6. The maximum atomic E-state index is 16.6. The smallest absolute Gasteiger partial charge is 0.338 e. The second-order valence-electron chi connectivity index (χ2n) is 29.9. The van der Waals surface area contributed by atoms with Gasteiger partial charge in [0.2, 0.25) is 5.82 Å². The molecule has 0 unspecified atom stereocenters. The van der Waals surface area contributed by atoms with Crippen LogP contribution < -0.4 is 0 Å². The Hall–Kier alpha value is -13.8. The number of esters is 1. The van der Waals surface area contributed by atoms with E-state index in [4.69, 9.17) is 26.0 Å². The first kappa shape index (κ1) is 77.1. The molecule has 21 heteroatoms. The van der Waals surface area contributed by atoms with Crippen LogP contribution >= 0.6 is 27.7 Å². The molecule has 10 nitrogen and oxygen atoms in total. The van der Waals surface area contributed by atoms with E-state index in [-0.39, 0.29) is 86.0 Å². The number of rotatable bonds is 12. The number of aryl methyl sites for hydroxylation is 6. The van der Waals surface area contributed by atoms with Crippen molar-refractivity contribution in [1.82, 2.24) is 39.9 Å². The SMILES string of the molecule is [3H]CSCCOC(=O)c1ccc(-c2c3nc(c(-c4c(F)cc(F)c(F)c4F)c4ccc([nH]4)c(-c4ccc(C#Cc5ccc(-c6c7nc(c(-c8c(C)cc(C)cc8C)c8ccc([nH]8)c(-c8ccc(Br)cc8)c8nc(c(-c9c(C)cc(C)cc9C)c9ccc6[nH]9)C=C8)C=C7)cc5)cc4)c4nc(c(-c5c(F)c(F)c(F)c(F)c5F)c5ccc2[nH]5)C=C4)C=C3)cc1. The van der Waals surface area contributed by atoms with Gasteiger partial charge in [-0.05, 0) is 249 Å². The molecule has 8 aromatic carbocycles. The lowest BCUT2D eigenvalue weighted by Crippen LogP contribution is -2.07. The number of hydrogen-bond donors (Lipinski definition) is 4. The predicted octanol–water partition coefficient (Wildman–Crippen LogP) is 26.7. The molecule has 14 aromatic rings. The van der Waals surface area contributed by atoms with E-state index >= 15 is 35.1 Å². The highest BCUT2D eigenvalue weighted by Crippen LogP contribution is 2.46. The summed E-state index contributed by atoms with van der Waals surface area (Å²) in [5.74, 6) is -12.0. The largest absolute Gasteiger partial charge is 0.461 e. The fourth-order valence-electron chi connectivity index (χ4n) is 16.7. The summed E-state index contributed by atoms with van der Waals surface area (Å²) in [7, 11) is 0. The van der Waals surface area contributed by atoms with E-state index in [1.54, 1.807) is 24.3 Å². The lowest BCUT2D eigenvalue weighted by molar-refractivity contribution is 0.0530. The van der Waals surface area contributed by atoms with Crippen LogP contribution in [0.25, 0.3) is 182 Å². The van der Waals surface area contributed by atoms with Crippen molar-refractivity contribution in [1.29, 1.82) is 0 Å². The van der Waals surface area contributed by atoms with Gasteiger partial charge in [-0.3, -0.25) is 0 Å². The molecule has 0 aliphatic carbocycles. The van der Waals surface area contributed by atoms with Crippen LogP contribution in [0, 0.1) is 106 Å². The molecule has 0 saturated carbocycles. The van der Waals surface area contributed by atoms with Crippen LogP contribution in [0.15, 0.2) is 180 Å². The Kier molecular flexibility index (Phi) is 20.1. The van der Waals surface area contributed by atoms with E-state index in [2.05, 4.69) is 174 Å². The summed E-state index contributed by atoms with van der Waals surface area (Å²) in [5, 5.41) is 0. The third-order valence-corrected chi connectivity index (χ3v) is 22.9. The van der Waals surface area contributed by atoms with E-state index in [9.17, 15) is 9.18 Å². The molecular weight excluding hydrogens is 1630 g/mol. The highest BCUT2D eigenvalue weighted by Gasteiger charge is 2.32. The molecule has 594 valence electrons. The quantitative estimate of drug-likeness (QED) is 0.0238. The molecule has 4 aliphatic heterocycles. The van der Waals surface area contributed by atoms with E-state index in [0.29, 0.717) is 33.7 Å². The first-order valence-corrected chi connectivity index (χ1v) is 40.4. The maximum Gasteiger partial charge on any atom is 0.338 e. The number of benzene rings is 8. The Morgan fingerprint density at radius 3 is 0.983 bits per heavy atom. The number of aromatic nitrogens is 8. The number of aromatic amines is 4. The Bertz CT molecular complexity index is 7270. The molecule has 6 aromatic heterocycles. The van der Waals surface area contributed by atoms with Gasteiger partial charge < -0.3 is 24.7 Å². The fourth-order valence-corrected chi connectivity index (χ4v) is 17.2. The number of thioether (sulfide) groups is 1. The average molecular weight is 1700 g/mol. The number of ether oxygens (including phenoxy) is 1. The average Bonchev–Trinajstić information content (AvgIpc) is 1.55. The van der Waals surface area contributed by atoms with E-state index in [0.717, 1.165) is 122 Å². The molecular formula is C100H66BrF9N8O2S. The van der Waals surface area contributed by atoms with Crippen molar-refractivity contribution in [3.63, 3.8) is 0 Å². The topological polar surface area (TPSA) is 141 Å². The standard InChI is InChI=1S/C100H66BrF9N8O2S/c1-49-44-51(3)81(52(4)45-49)88-73-34-26-65(111-73)83(66-27-35-74(112-66)89(82-53(5)46-50(2)47-54(82)6)76-37-29-72(114-76)86(71-28-36-75(88)113-71)60-22-24-62(101)25-23-60)57-14-10-55(11-15-57)8-9-56-12-16-58(17-13-56)84-67-30-38-77(115-67)90(87-63(102)48-64(103)93(104)94(87)105)78-39-31-69(116-78)85(59-18-20-61(21-19-59)100(119)120-42-43-121-7)70-33-41-80(118-70)91(79-40-32-68(84)117-79)92-95(106)97(108)99(110)98(109)96(92)107/h10-41,44-48,111,114-115,118H,42-43H2,1-7H3/i7T. The van der Waals surface area contributed by atoms with Gasteiger partial charge in [-0.15, -0.1) is 0 Å². The van der Waals surface area contributed by atoms with Crippen LogP contribution in [0.4, 0.5) is 39.5 Å². The molecule has 0 saturated heterocycles. The zero-order chi connectivity index (χ0) is 84.8. The minimum atomic E-state index is -2.39. The van der Waals surface area contributed by atoms with Gasteiger partial charge in [-0.25, -0.2) is 64.2 Å². The molecule has 4 N–H and O–H groups in total. The van der Waals surface area contributed by atoms with Gasteiger partial charge in [0, 0.05) is 117 Å². The number of fused-ring (bicyclic) bond motifs is 16. The van der Waals surface area contributed by atoms with Crippen LogP contribution in [-0.2, 0) is 4.74 Å². The van der Waals surface area contributed by atoms with Crippen molar-refractivity contribution in [2.45, 2.75) is 41.5 Å². The summed E-state index contributed by atoms with van der Waals surface area (Å²) >= 11 is 4.92. The Morgan fingerprint density at radius 1 is 0.347 bits per heavy atom. The van der Waals surface area contributed by atoms with Gasteiger partial charge in [0.15, 0.2) is 40.7 Å². The Morgan fingerprint density at radius 2 is 0.636 bits per heavy atom. The molecule has 10 heterocycles. The van der Waals surface area contributed by atoms with E-state index in [1.165, 1.54) is 84.6 Å². The summed E-state index contributed by atoms with van der Waals surface area (Å²) in [6, 6.07) is 52.0. The fraction of sp³-hybridized carbons (Fsp3) is 0.0900. The molecule has 0 radical (unpaired) electrons. The second kappa shape index (κ2) is 31.5. The highest BCUT2D eigenvalue weighted by atomic mass is 79.9. The summed E-state index contributed by atoms with van der Waals surface area (Å²) in [4.78, 5) is 48.2. The Labute approximate surface area is 701 Å². The molecule has 0 atom stereocenters. The summed E-state index contributed by atoms with van der Waals surface area (Å²) < 4.78 is 157. The summed E-state index contributed by atoms with van der Waals surface area (Å²) in [6.45, 7) is 12.7. The predicted molar refractivity (Wildman–Crippen MR) is 472 cm³/mol. The number of carbonyl (C=O) groups excluding carboxylic acids is 1. The van der Waals surface area contributed by atoms with Gasteiger partial charge in [-0.1, -0.05) is 112 Å². The highest BCUT2D eigenvalue weighted by molar-refractivity contribution is 9.10. The number of H-pyrrole nitrogens is 4. The van der Waals surface area contributed by atoms with Gasteiger partial charge >= 0.3 is 5.97 Å². The van der Waals surface area contributed by atoms with E-state index in [1.807, 2.05) is 36.4 Å². The third-order valence-electron chi connectivity index (χ3n) is 21.9. The van der Waals surface area contributed by atoms with Crippen LogP contribution in [0.2, 0.25) is 0 Å². The van der Waals surface area contributed by atoms with Crippen molar-refractivity contribution in [3.05, 3.63) is 328 Å². The zero-order valence-corrected chi connectivity index (χ0v) is 67.7. The van der Waals surface area contributed by atoms with Crippen molar-refractivity contribution in [2.24, 2.45) is 0 Å². The van der Waals surface area contributed by atoms with Crippen LogP contribution in [0.5, 0.6) is 0 Å². The van der Waals surface area contributed by atoms with Crippen molar-refractivity contribution >= 4 is 126 Å². The lowest BCUT2D eigenvalue weighted by atomic mass is 9.92. The van der Waals surface area contributed by atoms with Gasteiger partial charge in [0.05, 0.1) is 62.2 Å². The van der Waals surface area contributed by atoms with Gasteiger partial charge in [0.1, 0.15) is 12.4 Å². The first-order chi connectivity index (χ1) is 58.9. The van der Waals surface area contributed by atoms with Crippen molar-refractivity contribution in [2.75, 3.05) is 18.6 Å². The molecule has 0 fully saturated rings. The molecule has 4 aliphatic rings. The summed E-state index contributed by atoms with van der Waals surface area (Å²) in [5.41, 5.74) is 19.2. The molecule has 18 rings (SSSR count). The van der Waals surface area contributed by atoms with Gasteiger partial charge in [0.25, 0.3) is 0 Å². The number of hydrogen-bond acceptors (Lipinski definition) is 7. The van der Waals surface area contributed by atoms with Crippen LogP contribution in [0.1, 0.15) is 102 Å². The van der Waals surface area contributed by atoms with Crippen molar-refractivity contribution < 1.29 is 50.4 Å². The lowest BCUT2D eigenvalue weighted by Gasteiger charge is -2.13. The monoisotopic (exact) mass is 1690 g/mol. The maximum absolute atomic E-state index is 16.6. The molecule has 0 spiro atoms. The Balaban J connectivity index is 0.792. The minimum absolute atomic E-state index is 0.0154.